The lowest BCUT2D eigenvalue weighted by atomic mass is 10.0. The second-order valence-corrected chi connectivity index (χ2v) is 12.2. The maximum atomic E-state index is 13.3. The summed E-state index contributed by atoms with van der Waals surface area (Å²) in [7, 11) is 0. The molecule has 14 nitrogen and oxygen atoms in total. The standard InChI is InChI=1S/C34H32N8O6/c1-18-4-3-15-41(18)17-27-36-23-12-11-21(16-25(23)37-27)35-30(44)19-7-9-20(10-8-19)31(45)40-39-24-6-2-5-22-29(24)34(48)42(33(22)47)26-13-14-28(43)38-32(26)46/h2,5-12,16,18,26,39H,3-4,13-15,17H2,1H3,(H,35,44)(H,36,37)(H,40,45)(H,38,43,46)/t18-,26?/m0/s1. The Morgan fingerprint density at radius 2 is 1.71 bits per heavy atom. The summed E-state index contributed by atoms with van der Waals surface area (Å²) in [6.45, 7) is 4.03. The van der Waals surface area contributed by atoms with Crippen molar-refractivity contribution in [2.24, 2.45) is 0 Å². The number of anilines is 2. The third-order valence-electron chi connectivity index (χ3n) is 9.02. The third-order valence-corrected chi connectivity index (χ3v) is 9.02. The van der Waals surface area contributed by atoms with Crippen molar-refractivity contribution in [3.63, 3.8) is 0 Å². The first-order valence-electron chi connectivity index (χ1n) is 15.7. The summed E-state index contributed by atoms with van der Waals surface area (Å²) in [5.41, 5.74) is 8.26. The molecule has 1 unspecified atom stereocenters. The highest BCUT2D eigenvalue weighted by atomic mass is 16.2. The van der Waals surface area contributed by atoms with Crippen LogP contribution in [-0.4, -0.2) is 73.8 Å². The molecule has 3 aliphatic rings. The summed E-state index contributed by atoms with van der Waals surface area (Å²) in [4.78, 5) is 87.5. The number of hydrazine groups is 1. The van der Waals surface area contributed by atoms with Gasteiger partial charge in [-0.1, -0.05) is 6.07 Å². The number of rotatable bonds is 8. The minimum Gasteiger partial charge on any atom is -0.341 e. The van der Waals surface area contributed by atoms with E-state index in [9.17, 15) is 28.8 Å². The van der Waals surface area contributed by atoms with E-state index in [1.165, 1.54) is 55.3 Å². The Balaban J connectivity index is 0.974. The van der Waals surface area contributed by atoms with Gasteiger partial charge in [0.05, 0.1) is 34.4 Å². The summed E-state index contributed by atoms with van der Waals surface area (Å²) < 4.78 is 0. The number of nitrogens with one attached hydrogen (secondary N) is 5. The highest BCUT2D eigenvalue weighted by Crippen LogP contribution is 2.32. The van der Waals surface area contributed by atoms with Crippen molar-refractivity contribution >= 4 is 57.9 Å². The average Bonchev–Trinajstić information content (AvgIpc) is 3.75. The molecule has 14 heteroatoms. The van der Waals surface area contributed by atoms with Gasteiger partial charge >= 0.3 is 0 Å². The molecule has 48 heavy (non-hydrogen) atoms. The lowest BCUT2D eigenvalue weighted by molar-refractivity contribution is -0.136. The van der Waals surface area contributed by atoms with Crippen LogP contribution < -0.4 is 21.5 Å². The number of hydrogen-bond acceptors (Lipinski definition) is 9. The van der Waals surface area contributed by atoms with Gasteiger partial charge in [0.15, 0.2) is 0 Å². The van der Waals surface area contributed by atoms with E-state index in [1.54, 1.807) is 6.07 Å². The molecule has 0 spiro atoms. The van der Waals surface area contributed by atoms with Gasteiger partial charge in [0.25, 0.3) is 23.6 Å². The number of aromatic nitrogens is 2. The number of H-pyrrole nitrogens is 1. The van der Waals surface area contributed by atoms with Crippen molar-refractivity contribution < 1.29 is 28.8 Å². The van der Waals surface area contributed by atoms with Gasteiger partial charge in [-0.2, -0.15) is 0 Å². The Bertz CT molecular complexity index is 2000. The van der Waals surface area contributed by atoms with Crippen LogP contribution in [0.15, 0.2) is 60.7 Å². The van der Waals surface area contributed by atoms with E-state index in [-0.39, 0.29) is 41.1 Å². The fraction of sp³-hybridized carbons (Fsp3) is 0.265. The summed E-state index contributed by atoms with van der Waals surface area (Å²) in [5.74, 6) is -2.57. The van der Waals surface area contributed by atoms with E-state index in [0.717, 1.165) is 34.8 Å². The topological polar surface area (TPSA) is 186 Å². The molecule has 3 aromatic carbocycles. The zero-order valence-electron chi connectivity index (χ0n) is 26.0. The molecule has 1 aromatic heterocycles. The Morgan fingerprint density at radius 3 is 2.44 bits per heavy atom. The summed E-state index contributed by atoms with van der Waals surface area (Å²) in [5, 5.41) is 5.04. The number of aromatic amines is 1. The molecule has 4 heterocycles. The molecule has 2 saturated heterocycles. The van der Waals surface area contributed by atoms with Gasteiger partial charge in [0.2, 0.25) is 11.8 Å². The molecule has 2 atom stereocenters. The van der Waals surface area contributed by atoms with Crippen LogP contribution in [0.2, 0.25) is 0 Å². The Morgan fingerprint density at radius 1 is 0.938 bits per heavy atom. The van der Waals surface area contributed by atoms with Gasteiger partial charge < -0.3 is 10.3 Å². The highest BCUT2D eigenvalue weighted by Gasteiger charge is 2.45. The van der Waals surface area contributed by atoms with Crippen LogP contribution in [0, 0.1) is 0 Å². The van der Waals surface area contributed by atoms with E-state index >= 15 is 0 Å². The van der Waals surface area contributed by atoms with Crippen LogP contribution in [0.25, 0.3) is 11.0 Å². The van der Waals surface area contributed by atoms with Gasteiger partial charge in [-0.05, 0) is 87.3 Å². The van der Waals surface area contributed by atoms with Crippen molar-refractivity contribution in [3.8, 4) is 0 Å². The van der Waals surface area contributed by atoms with Crippen molar-refractivity contribution in [2.45, 2.75) is 51.2 Å². The molecule has 2 fully saturated rings. The van der Waals surface area contributed by atoms with Crippen LogP contribution in [0.5, 0.6) is 0 Å². The van der Waals surface area contributed by atoms with Crippen molar-refractivity contribution in [1.29, 1.82) is 0 Å². The number of fused-ring (bicyclic) bond motifs is 2. The SMILES string of the molecule is C[C@H]1CCCN1Cc1nc2cc(NC(=O)c3ccc(C(=O)NNc4cccc5c4C(=O)N(C4CCC(=O)NC4=O)C5=O)cc3)ccc2[nH]1. The fourth-order valence-electron chi connectivity index (χ4n) is 6.42. The number of amides is 6. The number of nitrogens with zero attached hydrogens (tertiary/aromatic N) is 3. The van der Waals surface area contributed by atoms with Gasteiger partial charge in [-0.25, -0.2) is 4.98 Å². The van der Waals surface area contributed by atoms with Crippen molar-refractivity contribution in [2.75, 3.05) is 17.3 Å². The van der Waals surface area contributed by atoms with Gasteiger partial charge in [0, 0.05) is 29.3 Å². The van der Waals surface area contributed by atoms with E-state index in [2.05, 4.69) is 38.3 Å². The molecule has 0 aliphatic carbocycles. The van der Waals surface area contributed by atoms with Crippen molar-refractivity contribution in [1.82, 2.24) is 30.5 Å². The predicted octanol–water partition coefficient (Wildman–Crippen LogP) is 2.96. The molecule has 0 radical (unpaired) electrons. The van der Waals surface area contributed by atoms with Crippen molar-refractivity contribution in [3.05, 3.63) is 88.7 Å². The largest absolute Gasteiger partial charge is 0.341 e. The molecule has 0 bridgehead atoms. The first kappa shape index (κ1) is 30.7. The number of carbonyl (C=O) groups excluding carboxylic acids is 6. The van der Waals surface area contributed by atoms with E-state index < -0.39 is 35.6 Å². The number of benzene rings is 3. The molecular formula is C34H32N8O6. The van der Waals surface area contributed by atoms with Crippen LogP contribution in [0.4, 0.5) is 11.4 Å². The van der Waals surface area contributed by atoms with Crippen LogP contribution in [0.3, 0.4) is 0 Å². The zero-order valence-corrected chi connectivity index (χ0v) is 26.0. The monoisotopic (exact) mass is 648 g/mol. The van der Waals surface area contributed by atoms with Crippen LogP contribution >= 0.6 is 0 Å². The second kappa shape index (κ2) is 12.4. The molecule has 0 saturated carbocycles. The smallest absolute Gasteiger partial charge is 0.269 e. The molecule has 5 N–H and O–H groups in total. The summed E-state index contributed by atoms with van der Waals surface area (Å²) >= 11 is 0. The minimum absolute atomic E-state index is 0.00459. The maximum absolute atomic E-state index is 13.3. The molecule has 6 amide bonds. The summed E-state index contributed by atoms with van der Waals surface area (Å²) in [6.07, 6.45) is 2.41. The number of likely N-dealkylation sites (tertiary alicyclic amines) is 1. The lowest BCUT2D eigenvalue weighted by Crippen LogP contribution is -2.54. The predicted molar refractivity (Wildman–Crippen MR) is 174 cm³/mol. The van der Waals surface area contributed by atoms with E-state index in [0.29, 0.717) is 17.3 Å². The first-order valence-corrected chi connectivity index (χ1v) is 15.7. The third kappa shape index (κ3) is 5.77. The normalized spacial score (nSPS) is 19.4. The number of carbonyl (C=O) groups is 6. The molecule has 7 rings (SSSR count). The molecular weight excluding hydrogens is 616 g/mol. The van der Waals surface area contributed by atoms with E-state index in [1.807, 2.05) is 12.1 Å². The van der Waals surface area contributed by atoms with Crippen LogP contribution in [-0.2, 0) is 16.1 Å². The minimum atomic E-state index is -1.11. The molecule has 3 aliphatic heterocycles. The number of imidazole rings is 1. The average molecular weight is 649 g/mol. The molecule has 4 aromatic rings. The lowest BCUT2D eigenvalue weighted by Gasteiger charge is -2.27. The fourth-order valence-corrected chi connectivity index (χ4v) is 6.42. The number of piperidine rings is 1. The number of imide groups is 2. The molecule has 244 valence electrons. The van der Waals surface area contributed by atoms with Gasteiger partial charge in [0.1, 0.15) is 11.9 Å². The zero-order chi connectivity index (χ0) is 33.5. The Labute approximate surface area is 274 Å². The quantitative estimate of drug-likeness (QED) is 0.142. The highest BCUT2D eigenvalue weighted by molar-refractivity contribution is 6.25. The Hall–Kier alpha value is -5.89. The Kier molecular flexibility index (Phi) is 7.93. The van der Waals surface area contributed by atoms with E-state index in [4.69, 9.17) is 4.98 Å². The maximum Gasteiger partial charge on any atom is 0.269 e. The number of hydrogen-bond donors (Lipinski definition) is 5. The van der Waals surface area contributed by atoms with Gasteiger partial charge in [-0.3, -0.25) is 54.7 Å². The van der Waals surface area contributed by atoms with Gasteiger partial charge in [-0.15, -0.1) is 0 Å². The first-order chi connectivity index (χ1) is 23.2. The van der Waals surface area contributed by atoms with Crippen LogP contribution in [0.1, 0.15) is 79.9 Å². The second-order valence-electron chi connectivity index (χ2n) is 12.2. The summed E-state index contributed by atoms with van der Waals surface area (Å²) in [6, 6.07) is 15.5.